The predicted octanol–water partition coefficient (Wildman–Crippen LogP) is 0.588. The third kappa shape index (κ3) is 2.22. The largest absolute Gasteiger partial charge is 0.324 e. The molecule has 0 aliphatic carbocycles. The van der Waals surface area contributed by atoms with Crippen LogP contribution in [0.4, 0.5) is 5.69 Å². The average molecular weight is 261 g/mol. The van der Waals surface area contributed by atoms with Crippen LogP contribution in [-0.2, 0) is 4.79 Å². The molecule has 6 heteroatoms. The van der Waals surface area contributed by atoms with Gasteiger partial charge in [0.25, 0.3) is 11.8 Å². The fraction of sp³-hybridized carbons (Fsp3) is 0.308. The number of amides is 3. The first kappa shape index (κ1) is 13.2. The van der Waals surface area contributed by atoms with Crippen molar-refractivity contribution in [3.05, 3.63) is 29.3 Å². The molecule has 3 amide bonds. The van der Waals surface area contributed by atoms with Gasteiger partial charge in [0.1, 0.15) is 0 Å². The molecule has 0 aromatic heterocycles. The summed E-state index contributed by atoms with van der Waals surface area (Å²) in [5.41, 5.74) is 5.73. The molecule has 0 saturated heterocycles. The highest BCUT2D eigenvalue weighted by atomic mass is 16.2. The third-order valence-electron chi connectivity index (χ3n) is 2.93. The van der Waals surface area contributed by atoms with Crippen LogP contribution < -0.4 is 11.1 Å². The lowest BCUT2D eigenvalue weighted by atomic mass is 10.1. The number of benzene rings is 1. The molecular formula is C13H15N3O3. The van der Waals surface area contributed by atoms with Gasteiger partial charge in [-0.1, -0.05) is 0 Å². The zero-order chi connectivity index (χ0) is 14.4. The minimum atomic E-state index is -1.02. The standard InChI is InChI=1S/C13H15N3O3/c1-13(2,14)12(19)15-7-4-5-8-9(6-7)11(18)16(3)10(8)17/h4-6H,14H2,1-3H3,(H,15,19). The van der Waals surface area contributed by atoms with Gasteiger partial charge in [-0.05, 0) is 32.0 Å². The lowest BCUT2D eigenvalue weighted by Crippen LogP contribution is -2.45. The Bertz CT molecular complexity index is 587. The van der Waals surface area contributed by atoms with Gasteiger partial charge in [0.05, 0.1) is 16.7 Å². The summed E-state index contributed by atoms with van der Waals surface area (Å²) >= 11 is 0. The second kappa shape index (κ2) is 4.17. The average Bonchev–Trinajstić information content (AvgIpc) is 2.53. The van der Waals surface area contributed by atoms with Crippen molar-refractivity contribution in [2.45, 2.75) is 19.4 Å². The second-order valence-electron chi connectivity index (χ2n) is 5.11. The lowest BCUT2D eigenvalue weighted by Gasteiger charge is -2.17. The van der Waals surface area contributed by atoms with E-state index in [1.54, 1.807) is 19.9 Å². The van der Waals surface area contributed by atoms with Crippen molar-refractivity contribution in [1.82, 2.24) is 4.90 Å². The molecule has 6 nitrogen and oxygen atoms in total. The third-order valence-corrected chi connectivity index (χ3v) is 2.93. The van der Waals surface area contributed by atoms with E-state index in [4.69, 9.17) is 5.73 Å². The van der Waals surface area contributed by atoms with Crippen LogP contribution in [0, 0.1) is 0 Å². The molecule has 100 valence electrons. The van der Waals surface area contributed by atoms with Crippen molar-refractivity contribution >= 4 is 23.4 Å². The van der Waals surface area contributed by atoms with Gasteiger partial charge in [0, 0.05) is 12.7 Å². The Morgan fingerprint density at radius 1 is 1.21 bits per heavy atom. The normalized spacial score (nSPS) is 14.6. The van der Waals surface area contributed by atoms with Gasteiger partial charge in [-0.2, -0.15) is 0 Å². The summed E-state index contributed by atoms with van der Waals surface area (Å²) in [7, 11) is 1.42. The molecule has 1 heterocycles. The SMILES string of the molecule is CN1C(=O)c2ccc(NC(=O)C(C)(C)N)cc2C1=O. The molecule has 0 radical (unpaired) electrons. The van der Waals surface area contributed by atoms with Crippen LogP contribution in [0.5, 0.6) is 0 Å². The number of rotatable bonds is 2. The second-order valence-corrected chi connectivity index (χ2v) is 5.11. The smallest absolute Gasteiger partial charge is 0.261 e. The van der Waals surface area contributed by atoms with Crippen molar-refractivity contribution < 1.29 is 14.4 Å². The van der Waals surface area contributed by atoms with E-state index < -0.39 is 5.54 Å². The van der Waals surface area contributed by atoms with Gasteiger partial charge in [0.2, 0.25) is 5.91 Å². The molecule has 0 fully saturated rings. The molecule has 0 saturated carbocycles. The maximum absolute atomic E-state index is 11.8. The maximum Gasteiger partial charge on any atom is 0.261 e. The Kier molecular flexibility index (Phi) is 2.90. The number of anilines is 1. The summed E-state index contributed by atoms with van der Waals surface area (Å²) < 4.78 is 0. The lowest BCUT2D eigenvalue weighted by molar-refractivity contribution is -0.120. The number of hydrogen-bond donors (Lipinski definition) is 2. The van der Waals surface area contributed by atoms with Crippen molar-refractivity contribution in [2.24, 2.45) is 5.73 Å². The van der Waals surface area contributed by atoms with E-state index in [2.05, 4.69) is 5.32 Å². The number of nitrogens with zero attached hydrogens (tertiary/aromatic N) is 1. The van der Waals surface area contributed by atoms with Crippen molar-refractivity contribution in [3.8, 4) is 0 Å². The van der Waals surface area contributed by atoms with Gasteiger partial charge >= 0.3 is 0 Å². The molecular weight excluding hydrogens is 246 g/mol. The van der Waals surface area contributed by atoms with Gasteiger partial charge in [0.15, 0.2) is 0 Å². The molecule has 0 spiro atoms. The van der Waals surface area contributed by atoms with Crippen LogP contribution in [-0.4, -0.2) is 35.2 Å². The Hall–Kier alpha value is -2.21. The van der Waals surface area contributed by atoms with E-state index in [0.717, 1.165) is 4.90 Å². The van der Waals surface area contributed by atoms with Crippen LogP contribution in [0.1, 0.15) is 34.6 Å². The van der Waals surface area contributed by atoms with Gasteiger partial charge < -0.3 is 11.1 Å². The minimum absolute atomic E-state index is 0.292. The summed E-state index contributed by atoms with van der Waals surface area (Å²) in [6.45, 7) is 3.16. The van der Waals surface area contributed by atoms with E-state index in [1.807, 2.05) is 0 Å². The van der Waals surface area contributed by atoms with Crippen LogP contribution in [0.2, 0.25) is 0 Å². The molecule has 1 aliphatic heterocycles. The summed E-state index contributed by atoms with van der Waals surface area (Å²) in [5, 5.41) is 2.62. The fourth-order valence-electron chi connectivity index (χ4n) is 1.73. The van der Waals surface area contributed by atoms with E-state index in [-0.39, 0.29) is 17.7 Å². The number of hydrogen-bond acceptors (Lipinski definition) is 4. The van der Waals surface area contributed by atoms with Crippen LogP contribution in [0.25, 0.3) is 0 Å². The first-order chi connectivity index (χ1) is 8.71. The molecule has 19 heavy (non-hydrogen) atoms. The molecule has 2 rings (SSSR count). The molecule has 0 atom stereocenters. The van der Waals surface area contributed by atoms with Crippen LogP contribution in [0.3, 0.4) is 0 Å². The highest BCUT2D eigenvalue weighted by molar-refractivity contribution is 6.21. The van der Waals surface area contributed by atoms with Gasteiger partial charge in [-0.3, -0.25) is 19.3 Å². The first-order valence-electron chi connectivity index (χ1n) is 5.78. The molecule has 0 bridgehead atoms. The number of nitrogens with one attached hydrogen (secondary N) is 1. The highest BCUT2D eigenvalue weighted by Crippen LogP contribution is 2.25. The van der Waals surface area contributed by atoms with E-state index >= 15 is 0 Å². The first-order valence-corrected chi connectivity index (χ1v) is 5.78. The quantitative estimate of drug-likeness (QED) is 0.762. The molecule has 1 aromatic carbocycles. The Morgan fingerprint density at radius 3 is 2.37 bits per heavy atom. The number of carbonyl (C=O) groups is 3. The van der Waals surface area contributed by atoms with Gasteiger partial charge in [-0.25, -0.2) is 0 Å². The Morgan fingerprint density at radius 2 is 1.79 bits per heavy atom. The predicted molar refractivity (Wildman–Crippen MR) is 69.8 cm³/mol. The maximum atomic E-state index is 11.8. The molecule has 3 N–H and O–H groups in total. The minimum Gasteiger partial charge on any atom is -0.324 e. The van der Waals surface area contributed by atoms with Crippen molar-refractivity contribution in [1.29, 1.82) is 0 Å². The fourth-order valence-corrected chi connectivity index (χ4v) is 1.73. The summed E-state index contributed by atoms with van der Waals surface area (Å²) in [6, 6.07) is 4.59. The molecule has 1 aliphatic rings. The zero-order valence-electron chi connectivity index (χ0n) is 11.0. The summed E-state index contributed by atoms with van der Waals surface area (Å²) in [5.74, 6) is -1.07. The van der Waals surface area contributed by atoms with E-state index in [9.17, 15) is 14.4 Å². The number of fused-ring (bicyclic) bond motifs is 1. The van der Waals surface area contributed by atoms with E-state index in [0.29, 0.717) is 16.8 Å². The summed E-state index contributed by atoms with van der Waals surface area (Å²) in [6.07, 6.45) is 0. The Labute approximate surface area is 110 Å². The van der Waals surface area contributed by atoms with Crippen molar-refractivity contribution in [2.75, 3.05) is 12.4 Å². The molecule has 0 unspecified atom stereocenters. The van der Waals surface area contributed by atoms with E-state index in [1.165, 1.54) is 19.2 Å². The van der Waals surface area contributed by atoms with Crippen LogP contribution >= 0.6 is 0 Å². The zero-order valence-corrected chi connectivity index (χ0v) is 11.0. The van der Waals surface area contributed by atoms with Crippen LogP contribution in [0.15, 0.2) is 18.2 Å². The number of imide groups is 1. The topological polar surface area (TPSA) is 92.5 Å². The monoisotopic (exact) mass is 261 g/mol. The number of nitrogens with two attached hydrogens (primary N) is 1. The van der Waals surface area contributed by atoms with Gasteiger partial charge in [-0.15, -0.1) is 0 Å². The highest BCUT2D eigenvalue weighted by Gasteiger charge is 2.33. The Balaban J connectivity index is 2.32. The number of carbonyl (C=O) groups excluding carboxylic acids is 3. The van der Waals surface area contributed by atoms with Crippen molar-refractivity contribution in [3.63, 3.8) is 0 Å². The summed E-state index contributed by atoms with van der Waals surface area (Å²) in [4.78, 5) is 36.3. The molecule has 1 aromatic rings.